The second-order valence-corrected chi connectivity index (χ2v) is 12.2. The molecule has 0 amide bonds. The summed E-state index contributed by atoms with van der Waals surface area (Å²) in [6.07, 6.45) is 4.09. The van der Waals surface area contributed by atoms with Gasteiger partial charge in [0.25, 0.3) is 0 Å². The first kappa shape index (κ1) is 26.1. The number of carbonyl (C=O) groups excluding carboxylic acids is 1. The van der Waals surface area contributed by atoms with Crippen molar-refractivity contribution in [3.63, 3.8) is 0 Å². The number of aliphatic hydroxyl groups excluding tert-OH is 1. The molecule has 198 valence electrons. The number of aromatic nitrogens is 2. The monoisotopic (exact) mass is 547 g/mol. The van der Waals surface area contributed by atoms with Crippen molar-refractivity contribution in [1.82, 2.24) is 9.97 Å². The van der Waals surface area contributed by atoms with E-state index in [2.05, 4.69) is 14.2 Å². The van der Waals surface area contributed by atoms with Crippen LogP contribution in [0.5, 0.6) is 0 Å². The normalized spacial score (nSPS) is 23.8. The van der Waals surface area contributed by atoms with E-state index in [0.29, 0.717) is 42.0 Å². The molecule has 4 heterocycles. The fourth-order valence-corrected chi connectivity index (χ4v) is 6.71. The number of aliphatic hydroxyl groups is 1. The van der Waals surface area contributed by atoms with Gasteiger partial charge in [-0.1, -0.05) is 0 Å². The molecule has 5 rings (SSSR count). The number of furan rings is 1. The Morgan fingerprint density at radius 2 is 2.08 bits per heavy atom. The summed E-state index contributed by atoms with van der Waals surface area (Å²) in [5.74, 6) is 1.24. The SMILES string of the molecule is Cc1cc2c(o1)CCOC2c1cc(C(=O)c2cncnc2C[C@@H]2C[C@H](COS(N)(=O)=O)[C@@H](O)C2)sc1C. The summed E-state index contributed by atoms with van der Waals surface area (Å²) < 4.78 is 38.8. The fourth-order valence-electron chi connectivity index (χ4n) is 5.34. The Hall–Kier alpha value is -2.48. The quantitative estimate of drug-likeness (QED) is 0.405. The number of nitrogens with zero attached hydrogens (tertiary/aromatic N) is 2. The highest BCUT2D eigenvalue weighted by molar-refractivity contribution is 7.84. The third-order valence-electron chi connectivity index (χ3n) is 7.05. The molecule has 0 saturated heterocycles. The molecule has 2 aliphatic rings. The molecule has 1 aliphatic heterocycles. The average molecular weight is 548 g/mol. The number of ketones is 1. The molecule has 37 heavy (non-hydrogen) atoms. The Labute approximate surface area is 219 Å². The molecule has 3 N–H and O–H groups in total. The van der Waals surface area contributed by atoms with Gasteiger partial charge in [0.05, 0.1) is 35.5 Å². The Kier molecular flexibility index (Phi) is 7.31. The predicted molar refractivity (Wildman–Crippen MR) is 134 cm³/mol. The molecule has 0 spiro atoms. The standard InChI is InChI=1S/C25H29N3O7S2/c1-13-5-18-22(35-13)3-4-33-25(18)17-9-23(36-14(17)2)24(30)19-10-27-12-28-20(19)7-15-6-16(21(29)8-15)11-34-37(26,31)32/h5,9-10,12,15-16,21,25,29H,3-4,6-8,11H2,1-2H3,(H2,26,31,32)/t15-,16+,21-,25?/m0/s1. The minimum atomic E-state index is -4.07. The van der Waals surface area contributed by atoms with Gasteiger partial charge in [0.1, 0.15) is 24.0 Å². The van der Waals surface area contributed by atoms with Crippen LogP contribution in [0.3, 0.4) is 0 Å². The minimum Gasteiger partial charge on any atom is -0.466 e. The number of nitrogens with two attached hydrogens (primary N) is 1. The lowest BCUT2D eigenvalue weighted by molar-refractivity contribution is 0.0642. The van der Waals surface area contributed by atoms with Gasteiger partial charge in [0, 0.05) is 29.0 Å². The van der Waals surface area contributed by atoms with E-state index in [4.69, 9.17) is 14.3 Å². The van der Waals surface area contributed by atoms with Crippen LogP contribution in [0.25, 0.3) is 0 Å². The van der Waals surface area contributed by atoms with Crippen LogP contribution in [0, 0.1) is 25.7 Å². The summed E-state index contributed by atoms with van der Waals surface area (Å²) in [5.41, 5.74) is 2.97. The van der Waals surface area contributed by atoms with Gasteiger partial charge in [-0.15, -0.1) is 11.3 Å². The van der Waals surface area contributed by atoms with Gasteiger partial charge in [-0.25, -0.2) is 15.1 Å². The number of rotatable bonds is 8. The molecule has 10 nitrogen and oxygen atoms in total. The Bertz CT molecular complexity index is 1420. The summed E-state index contributed by atoms with van der Waals surface area (Å²) in [5, 5.41) is 15.3. The molecule has 1 unspecified atom stereocenters. The zero-order valence-corrected chi connectivity index (χ0v) is 22.2. The highest BCUT2D eigenvalue weighted by Crippen LogP contribution is 2.40. The van der Waals surface area contributed by atoms with E-state index >= 15 is 0 Å². The molecule has 1 aliphatic carbocycles. The molecular formula is C25H29N3O7S2. The molecular weight excluding hydrogens is 518 g/mol. The van der Waals surface area contributed by atoms with Crippen molar-refractivity contribution in [1.29, 1.82) is 0 Å². The van der Waals surface area contributed by atoms with E-state index in [9.17, 15) is 18.3 Å². The zero-order valence-electron chi connectivity index (χ0n) is 20.5. The van der Waals surface area contributed by atoms with Gasteiger partial charge in [-0.2, -0.15) is 8.42 Å². The van der Waals surface area contributed by atoms with E-state index in [-0.39, 0.29) is 30.3 Å². The van der Waals surface area contributed by atoms with Crippen molar-refractivity contribution in [2.24, 2.45) is 17.0 Å². The highest BCUT2D eigenvalue weighted by atomic mass is 32.2. The number of carbonyl (C=O) groups is 1. The van der Waals surface area contributed by atoms with Crippen molar-refractivity contribution in [2.45, 2.75) is 51.7 Å². The van der Waals surface area contributed by atoms with Gasteiger partial charge in [-0.3, -0.25) is 8.98 Å². The van der Waals surface area contributed by atoms with Gasteiger partial charge < -0.3 is 14.3 Å². The van der Waals surface area contributed by atoms with Crippen LogP contribution in [0.2, 0.25) is 0 Å². The Balaban J connectivity index is 1.34. The molecule has 3 aromatic heterocycles. The third kappa shape index (κ3) is 5.69. The van der Waals surface area contributed by atoms with Crippen LogP contribution in [-0.2, 0) is 32.1 Å². The predicted octanol–water partition coefficient (Wildman–Crippen LogP) is 2.79. The van der Waals surface area contributed by atoms with E-state index in [1.807, 2.05) is 26.0 Å². The first-order valence-electron chi connectivity index (χ1n) is 12.1. The molecule has 0 bridgehead atoms. The molecule has 1 saturated carbocycles. The molecule has 4 atom stereocenters. The lowest BCUT2D eigenvalue weighted by Crippen LogP contribution is -2.24. The van der Waals surface area contributed by atoms with Crippen molar-refractivity contribution < 1.29 is 31.7 Å². The van der Waals surface area contributed by atoms with Gasteiger partial charge in [-0.05, 0) is 56.7 Å². The summed E-state index contributed by atoms with van der Waals surface area (Å²) in [6, 6.07) is 3.89. The van der Waals surface area contributed by atoms with Crippen molar-refractivity contribution in [3.8, 4) is 0 Å². The second-order valence-electron chi connectivity index (χ2n) is 9.72. The van der Waals surface area contributed by atoms with Crippen LogP contribution in [-0.4, -0.2) is 48.6 Å². The largest absolute Gasteiger partial charge is 0.466 e. The van der Waals surface area contributed by atoms with Crippen LogP contribution in [0.15, 0.2) is 29.1 Å². The van der Waals surface area contributed by atoms with Crippen molar-refractivity contribution in [2.75, 3.05) is 13.2 Å². The first-order valence-corrected chi connectivity index (χ1v) is 14.4. The smallest absolute Gasteiger partial charge is 0.333 e. The lowest BCUT2D eigenvalue weighted by atomic mass is 9.95. The number of ether oxygens (including phenoxy) is 1. The van der Waals surface area contributed by atoms with Gasteiger partial charge >= 0.3 is 10.3 Å². The topological polar surface area (TPSA) is 155 Å². The number of hydrogen-bond donors (Lipinski definition) is 2. The molecule has 3 aromatic rings. The summed E-state index contributed by atoms with van der Waals surface area (Å²) in [7, 11) is -4.07. The first-order chi connectivity index (χ1) is 17.6. The van der Waals surface area contributed by atoms with E-state index in [1.54, 1.807) is 0 Å². The molecule has 1 fully saturated rings. The molecule has 0 aromatic carbocycles. The van der Waals surface area contributed by atoms with Crippen LogP contribution >= 0.6 is 11.3 Å². The maximum Gasteiger partial charge on any atom is 0.333 e. The van der Waals surface area contributed by atoms with Crippen LogP contribution < -0.4 is 5.14 Å². The van der Waals surface area contributed by atoms with Gasteiger partial charge in [0.15, 0.2) is 0 Å². The fraction of sp³-hybridized carbons (Fsp3) is 0.480. The lowest BCUT2D eigenvalue weighted by Gasteiger charge is -2.22. The maximum atomic E-state index is 13.6. The summed E-state index contributed by atoms with van der Waals surface area (Å²) >= 11 is 1.41. The van der Waals surface area contributed by atoms with Crippen LogP contribution in [0.1, 0.15) is 67.4 Å². The van der Waals surface area contributed by atoms with E-state index < -0.39 is 16.4 Å². The number of fused-ring (bicyclic) bond motifs is 1. The Morgan fingerprint density at radius 1 is 1.27 bits per heavy atom. The summed E-state index contributed by atoms with van der Waals surface area (Å²) in [4.78, 5) is 23.6. The number of hydrogen-bond acceptors (Lipinski definition) is 10. The molecule has 12 heteroatoms. The molecule has 0 radical (unpaired) electrons. The maximum absolute atomic E-state index is 13.6. The Morgan fingerprint density at radius 3 is 2.86 bits per heavy atom. The second kappa shape index (κ2) is 10.4. The van der Waals surface area contributed by atoms with Crippen LogP contribution in [0.4, 0.5) is 0 Å². The number of aryl methyl sites for hydroxylation is 2. The van der Waals surface area contributed by atoms with Gasteiger partial charge in [0.2, 0.25) is 5.78 Å². The van der Waals surface area contributed by atoms with Crippen molar-refractivity contribution in [3.05, 3.63) is 68.3 Å². The summed E-state index contributed by atoms with van der Waals surface area (Å²) in [6.45, 7) is 4.27. The minimum absolute atomic E-state index is 0.00421. The van der Waals surface area contributed by atoms with Crippen molar-refractivity contribution >= 4 is 27.4 Å². The van der Waals surface area contributed by atoms with E-state index in [1.165, 1.54) is 23.9 Å². The highest BCUT2D eigenvalue weighted by Gasteiger charge is 2.35. The number of thiophene rings is 1. The third-order valence-corrected chi connectivity index (χ3v) is 8.58. The van der Waals surface area contributed by atoms with E-state index in [0.717, 1.165) is 33.9 Å². The zero-order chi connectivity index (χ0) is 26.3. The average Bonchev–Trinajstić information content (AvgIpc) is 3.52.